The maximum atomic E-state index is 6.43. The first-order valence-electron chi connectivity index (χ1n) is 7.36. The van der Waals surface area contributed by atoms with E-state index in [0.29, 0.717) is 6.04 Å². The molecular weight excluding hydrogens is 254 g/mol. The van der Waals surface area contributed by atoms with Gasteiger partial charge in [0.2, 0.25) is 0 Å². The van der Waals surface area contributed by atoms with Crippen LogP contribution in [-0.4, -0.2) is 49.1 Å². The lowest BCUT2D eigenvalue weighted by Crippen LogP contribution is -2.42. The molecule has 3 nitrogen and oxygen atoms in total. The van der Waals surface area contributed by atoms with Crippen molar-refractivity contribution in [3.05, 3.63) is 21.9 Å². The zero-order valence-electron chi connectivity index (χ0n) is 12.4. The summed E-state index contributed by atoms with van der Waals surface area (Å²) in [5, 5.41) is 0. The quantitative estimate of drug-likeness (QED) is 0.920. The molecule has 0 bridgehead atoms. The van der Waals surface area contributed by atoms with Crippen LogP contribution in [0.2, 0.25) is 0 Å². The Morgan fingerprint density at radius 3 is 2.68 bits per heavy atom. The van der Waals surface area contributed by atoms with Crippen molar-refractivity contribution in [2.24, 2.45) is 5.73 Å². The lowest BCUT2D eigenvalue weighted by molar-refractivity contribution is 0.178. The smallest absolute Gasteiger partial charge is 0.0593 e. The molecule has 2 N–H and O–H groups in total. The Balaban J connectivity index is 2.17. The summed E-state index contributed by atoms with van der Waals surface area (Å²) >= 11 is 1.91. The highest BCUT2D eigenvalue weighted by Crippen LogP contribution is 2.31. The second kappa shape index (κ2) is 6.84. The number of thiophene rings is 1. The fraction of sp³-hybridized carbons (Fsp3) is 0.733. The van der Waals surface area contributed by atoms with Crippen LogP contribution in [0.3, 0.4) is 0 Å². The summed E-state index contributed by atoms with van der Waals surface area (Å²) in [6, 6.07) is 5.13. The normalized spacial score (nSPS) is 22.1. The topological polar surface area (TPSA) is 32.5 Å². The third-order valence-corrected chi connectivity index (χ3v) is 5.15. The molecule has 0 aromatic carbocycles. The molecule has 0 spiro atoms. The van der Waals surface area contributed by atoms with Crippen LogP contribution in [0.15, 0.2) is 12.1 Å². The van der Waals surface area contributed by atoms with E-state index in [1.165, 1.54) is 29.3 Å². The minimum absolute atomic E-state index is 0.237. The Hall–Kier alpha value is -0.420. The largest absolute Gasteiger partial charge is 0.326 e. The Morgan fingerprint density at radius 1 is 1.26 bits per heavy atom. The Kier molecular flexibility index (Phi) is 5.39. The summed E-state index contributed by atoms with van der Waals surface area (Å²) in [5.74, 6) is 0. The predicted octanol–water partition coefficient (Wildman–Crippen LogP) is 2.47. The number of nitrogens with zero attached hydrogens (tertiary/aromatic N) is 2. The minimum Gasteiger partial charge on any atom is -0.326 e. The van der Waals surface area contributed by atoms with E-state index in [2.05, 4.69) is 42.8 Å². The molecule has 1 fully saturated rings. The van der Waals surface area contributed by atoms with Crippen LogP contribution in [0, 0.1) is 6.92 Å². The van der Waals surface area contributed by atoms with E-state index >= 15 is 0 Å². The summed E-state index contributed by atoms with van der Waals surface area (Å²) < 4.78 is 0. The van der Waals surface area contributed by atoms with Gasteiger partial charge in [0.05, 0.1) is 6.04 Å². The summed E-state index contributed by atoms with van der Waals surface area (Å²) in [5.41, 5.74) is 6.43. The fourth-order valence-corrected chi connectivity index (χ4v) is 3.93. The SMILES string of the molecule is CCC(N)C(c1ccc(C)s1)N1CCCN(C)CC1. The van der Waals surface area contributed by atoms with Gasteiger partial charge in [-0.05, 0) is 45.5 Å². The monoisotopic (exact) mass is 281 g/mol. The molecule has 2 rings (SSSR count). The zero-order valence-corrected chi connectivity index (χ0v) is 13.2. The van der Waals surface area contributed by atoms with Gasteiger partial charge in [-0.25, -0.2) is 0 Å². The van der Waals surface area contributed by atoms with E-state index in [1.807, 2.05) is 11.3 Å². The van der Waals surface area contributed by atoms with E-state index in [4.69, 9.17) is 5.73 Å². The van der Waals surface area contributed by atoms with E-state index < -0.39 is 0 Å². The van der Waals surface area contributed by atoms with Gasteiger partial charge in [-0.3, -0.25) is 4.90 Å². The van der Waals surface area contributed by atoms with E-state index in [9.17, 15) is 0 Å². The molecular formula is C15H27N3S. The first-order chi connectivity index (χ1) is 9.11. The van der Waals surface area contributed by atoms with Gasteiger partial charge in [0.15, 0.2) is 0 Å². The summed E-state index contributed by atoms with van der Waals surface area (Å²) in [7, 11) is 2.22. The molecule has 0 amide bonds. The second-order valence-corrected chi connectivity index (χ2v) is 6.98. The van der Waals surface area contributed by atoms with Crippen molar-refractivity contribution < 1.29 is 0 Å². The molecule has 0 saturated carbocycles. The highest BCUT2D eigenvalue weighted by atomic mass is 32.1. The number of likely N-dealkylation sites (N-methyl/N-ethyl adjacent to an activating group) is 1. The molecule has 2 heterocycles. The molecule has 0 radical (unpaired) electrons. The van der Waals surface area contributed by atoms with Gasteiger partial charge in [-0.1, -0.05) is 6.92 Å². The molecule has 1 aliphatic heterocycles. The van der Waals surface area contributed by atoms with Gasteiger partial charge in [-0.2, -0.15) is 0 Å². The van der Waals surface area contributed by atoms with Crippen molar-refractivity contribution in [1.29, 1.82) is 0 Å². The number of nitrogens with two attached hydrogens (primary N) is 1. The molecule has 1 saturated heterocycles. The zero-order chi connectivity index (χ0) is 13.8. The highest BCUT2D eigenvalue weighted by Gasteiger charge is 2.27. The van der Waals surface area contributed by atoms with Crippen LogP contribution in [0.1, 0.15) is 35.6 Å². The van der Waals surface area contributed by atoms with Gasteiger partial charge < -0.3 is 10.6 Å². The molecule has 0 aliphatic carbocycles. The van der Waals surface area contributed by atoms with Crippen molar-refractivity contribution in [2.45, 2.75) is 38.8 Å². The average molecular weight is 281 g/mol. The predicted molar refractivity (Wildman–Crippen MR) is 83.8 cm³/mol. The molecule has 4 heteroatoms. The first-order valence-corrected chi connectivity index (χ1v) is 8.18. The highest BCUT2D eigenvalue weighted by molar-refractivity contribution is 7.12. The van der Waals surface area contributed by atoms with Gasteiger partial charge in [-0.15, -0.1) is 11.3 Å². The van der Waals surface area contributed by atoms with Crippen LogP contribution in [-0.2, 0) is 0 Å². The van der Waals surface area contributed by atoms with E-state index in [-0.39, 0.29) is 6.04 Å². The third kappa shape index (κ3) is 3.78. The van der Waals surface area contributed by atoms with Gasteiger partial charge >= 0.3 is 0 Å². The van der Waals surface area contributed by atoms with Crippen LogP contribution in [0.4, 0.5) is 0 Å². The van der Waals surface area contributed by atoms with Crippen LogP contribution < -0.4 is 5.73 Å². The summed E-state index contributed by atoms with van der Waals surface area (Å²) in [6.45, 7) is 9.03. The lowest BCUT2D eigenvalue weighted by Gasteiger charge is -2.33. The summed E-state index contributed by atoms with van der Waals surface area (Å²) in [4.78, 5) is 7.85. The second-order valence-electron chi connectivity index (χ2n) is 5.66. The fourth-order valence-electron chi connectivity index (χ4n) is 2.84. The van der Waals surface area contributed by atoms with Gasteiger partial charge in [0.25, 0.3) is 0 Å². The molecule has 1 aromatic rings. The standard InChI is InChI=1S/C15H27N3S/c1-4-13(16)15(14-7-6-12(2)19-14)18-9-5-8-17(3)10-11-18/h6-7,13,15H,4-5,8-11,16H2,1-3H3. The van der Waals surface area contributed by atoms with Crippen molar-refractivity contribution in [2.75, 3.05) is 33.2 Å². The Labute approximate surface area is 121 Å². The molecule has 2 unspecified atom stereocenters. The number of rotatable bonds is 4. The van der Waals surface area contributed by atoms with Crippen LogP contribution in [0.25, 0.3) is 0 Å². The van der Waals surface area contributed by atoms with Crippen molar-refractivity contribution in [3.8, 4) is 0 Å². The van der Waals surface area contributed by atoms with Crippen molar-refractivity contribution in [1.82, 2.24) is 9.80 Å². The first kappa shape index (κ1) is 15.0. The van der Waals surface area contributed by atoms with Crippen molar-refractivity contribution in [3.63, 3.8) is 0 Å². The van der Waals surface area contributed by atoms with E-state index in [0.717, 1.165) is 19.5 Å². The van der Waals surface area contributed by atoms with Gasteiger partial charge in [0, 0.05) is 35.4 Å². The van der Waals surface area contributed by atoms with Gasteiger partial charge in [0.1, 0.15) is 0 Å². The minimum atomic E-state index is 0.237. The Bertz CT molecular complexity index is 390. The van der Waals surface area contributed by atoms with Crippen LogP contribution in [0.5, 0.6) is 0 Å². The molecule has 19 heavy (non-hydrogen) atoms. The Morgan fingerprint density at radius 2 is 2.05 bits per heavy atom. The molecule has 1 aliphatic rings. The van der Waals surface area contributed by atoms with Crippen molar-refractivity contribution >= 4 is 11.3 Å². The van der Waals surface area contributed by atoms with E-state index in [1.54, 1.807) is 0 Å². The third-order valence-electron chi connectivity index (χ3n) is 4.08. The summed E-state index contributed by atoms with van der Waals surface area (Å²) in [6.07, 6.45) is 2.28. The lowest BCUT2D eigenvalue weighted by atomic mass is 10.0. The maximum absolute atomic E-state index is 6.43. The number of aryl methyl sites for hydroxylation is 1. The average Bonchev–Trinajstić information content (AvgIpc) is 2.69. The molecule has 2 atom stereocenters. The van der Waals surface area contributed by atoms with Crippen LogP contribution >= 0.6 is 11.3 Å². The molecule has 108 valence electrons. The number of hydrogen-bond acceptors (Lipinski definition) is 4. The maximum Gasteiger partial charge on any atom is 0.0593 e. The number of hydrogen-bond donors (Lipinski definition) is 1. The molecule has 1 aromatic heterocycles.